The Hall–Kier alpha value is -2.53. The van der Waals surface area contributed by atoms with Gasteiger partial charge in [0.2, 0.25) is 5.91 Å². The van der Waals surface area contributed by atoms with Gasteiger partial charge in [-0.05, 0) is 33.5 Å². The lowest BCUT2D eigenvalue weighted by atomic mass is 10.1. The molecule has 0 aromatic heterocycles. The summed E-state index contributed by atoms with van der Waals surface area (Å²) < 4.78 is 63.5. The molecule has 0 heterocycles. The molecule has 0 radical (unpaired) electrons. The molecule has 14 heteroatoms. The van der Waals surface area contributed by atoms with Gasteiger partial charge in [-0.25, -0.2) is 9.59 Å². The fourth-order valence-corrected chi connectivity index (χ4v) is 1.19. The van der Waals surface area contributed by atoms with E-state index in [4.69, 9.17) is 32.0 Å². The lowest BCUT2D eigenvalue weighted by Crippen LogP contribution is -2.40. The number of aliphatic carboxylic acids is 2. The zero-order valence-electron chi connectivity index (χ0n) is 15.6. The molecule has 0 fully saturated rings. The number of nitrogens with one attached hydrogen (secondary N) is 1. The third kappa shape index (κ3) is 23.4. The first-order valence-corrected chi connectivity index (χ1v) is 7.68. The summed E-state index contributed by atoms with van der Waals surface area (Å²) in [6.07, 6.45) is -2.41. The molecule has 1 atom stereocenters. The van der Waals surface area contributed by atoms with Gasteiger partial charge in [-0.3, -0.25) is 4.79 Å². The molecule has 29 heavy (non-hydrogen) atoms. The van der Waals surface area contributed by atoms with Crippen LogP contribution in [0, 0.1) is 12.3 Å². The number of carbonyl (C=O) groups is 3. The maximum atomic E-state index is 11.3. The molecule has 0 aliphatic carbocycles. The van der Waals surface area contributed by atoms with Crippen molar-refractivity contribution in [1.29, 1.82) is 0 Å². The molecule has 0 saturated heterocycles. The third-order valence-corrected chi connectivity index (χ3v) is 2.56. The molecule has 0 rings (SSSR count). The van der Waals surface area contributed by atoms with Crippen LogP contribution in [0.3, 0.4) is 0 Å². The largest absolute Gasteiger partial charge is 0.490 e. The third-order valence-electron chi connectivity index (χ3n) is 2.56. The minimum absolute atomic E-state index is 0.155. The highest BCUT2D eigenvalue weighted by atomic mass is 19.4. The van der Waals surface area contributed by atoms with Crippen LogP contribution in [0.25, 0.3) is 0 Å². The van der Waals surface area contributed by atoms with E-state index in [2.05, 4.69) is 16.1 Å². The van der Waals surface area contributed by atoms with Crippen molar-refractivity contribution in [3.8, 4) is 12.3 Å². The Bertz CT molecular complexity index is 520. The molecule has 0 bridgehead atoms. The summed E-state index contributed by atoms with van der Waals surface area (Å²) in [4.78, 5) is 31.2. The number of terminal acetylenes is 1. The van der Waals surface area contributed by atoms with Gasteiger partial charge in [-0.15, -0.1) is 6.42 Å². The van der Waals surface area contributed by atoms with E-state index in [1.165, 1.54) is 0 Å². The van der Waals surface area contributed by atoms with Gasteiger partial charge in [0.15, 0.2) is 0 Å². The van der Waals surface area contributed by atoms with E-state index in [-0.39, 0.29) is 12.5 Å². The van der Waals surface area contributed by atoms with Gasteiger partial charge in [0.25, 0.3) is 0 Å². The number of carboxylic acid groups (broad SMARTS) is 2. The number of amides is 1. The minimum atomic E-state index is -5.08. The van der Waals surface area contributed by atoms with Crippen LogP contribution in [0.1, 0.15) is 19.3 Å². The van der Waals surface area contributed by atoms with E-state index < -0.39 is 30.3 Å². The zero-order chi connectivity index (χ0) is 23.8. The molecular weight excluding hydrogens is 416 g/mol. The molecule has 0 unspecified atom stereocenters. The van der Waals surface area contributed by atoms with Crippen LogP contribution in [0.5, 0.6) is 0 Å². The Balaban J connectivity index is -0.000000402. The topological polar surface area (TPSA) is 133 Å². The summed E-state index contributed by atoms with van der Waals surface area (Å²) in [5, 5.41) is 16.8. The maximum absolute atomic E-state index is 11.3. The predicted molar refractivity (Wildman–Crippen MR) is 89.6 cm³/mol. The summed E-state index contributed by atoms with van der Waals surface area (Å²) in [5.41, 5.74) is 5.68. The average Bonchev–Trinajstić information content (AvgIpc) is 2.55. The van der Waals surface area contributed by atoms with E-state index in [0.717, 1.165) is 19.4 Å². The molecule has 0 spiro atoms. The molecule has 0 aromatic rings. The van der Waals surface area contributed by atoms with Crippen molar-refractivity contribution >= 4 is 17.8 Å². The Labute approximate surface area is 163 Å². The number of unbranched alkanes of at least 4 members (excludes halogenated alkanes) is 1. The first-order chi connectivity index (χ1) is 13.0. The Kier molecular flexibility index (Phi) is 16.6. The van der Waals surface area contributed by atoms with Crippen molar-refractivity contribution < 1.29 is 50.9 Å². The molecule has 0 aromatic carbocycles. The van der Waals surface area contributed by atoms with Crippen LogP contribution in [-0.2, 0) is 14.4 Å². The minimum Gasteiger partial charge on any atom is -0.475 e. The number of hydrogen-bond acceptors (Lipinski definition) is 5. The average molecular weight is 439 g/mol. The molecule has 8 nitrogen and oxygen atoms in total. The normalized spacial score (nSPS) is 11.8. The van der Waals surface area contributed by atoms with Gasteiger partial charge in [-0.2, -0.15) is 26.3 Å². The quantitative estimate of drug-likeness (QED) is 0.265. The van der Waals surface area contributed by atoms with Crippen molar-refractivity contribution in [1.82, 2.24) is 10.2 Å². The van der Waals surface area contributed by atoms with Gasteiger partial charge >= 0.3 is 24.3 Å². The van der Waals surface area contributed by atoms with Gasteiger partial charge in [-0.1, -0.05) is 12.3 Å². The van der Waals surface area contributed by atoms with Crippen molar-refractivity contribution in [2.75, 3.05) is 27.2 Å². The fraction of sp³-hybridized carbons (Fsp3) is 0.667. The van der Waals surface area contributed by atoms with Crippen LogP contribution in [0.15, 0.2) is 0 Å². The molecule has 0 aliphatic heterocycles. The number of rotatable bonds is 7. The molecule has 1 amide bonds. The van der Waals surface area contributed by atoms with E-state index >= 15 is 0 Å². The Morgan fingerprint density at radius 1 is 1.03 bits per heavy atom. The second-order valence-electron chi connectivity index (χ2n) is 5.43. The lowest BCUT2D eigenvalue weighted by Gasteiger charge is -2.12. The lowest BCUT2D eigenvalue weighted by molar-refractivity contribution is -0.193. The van der Waals surface area contributed by atoms with E-state index in [1.807, 2.05) is 14.1 Å². The number of carbonyl (C=O) groups excluding carboxylic acids is 1. The second-order valence-corrected chi connectivity index (χ2v) is 5.43. The van der Waals surface area contributed by atoms with E-state index in [9.17, 15) is 31.1 Å². The summed E-state index contributed by atoms with van der Waals surface area (Å²) in [6, 6.07) is -0.430. The van der Waals surface area contributed by atoms with Gasteiger partial charge in [0, 0.05) is 0 Å². The van der Waals surface area contributed by atoms with E-state index in [0.29, 0.717) is 6.42 Å². The van der Waals surface area contributed by atoms with Gasteiger partial charge < -0.3 is 26.2 Å². The number of halogens is 6. The molecular formula is C15H23F6N3O5. The molecule has 170 valence electrons. The maximum Gasteiger partial charge on any atom is 0.490 e. The first kappa shape index (κ1) is 31.2. The van der Waals surface area contributed by atoms with Crippen LogP contribution < -0.4 is 11.1 Å². The number of nitrogens with two attached hydrogens (primary N) is 1. The molecule has 5 N–H and O–H groups in total. The van der Waals surface area contributed by atoms with Crippen LogP contribution in [0.4, 0.5) is 26.3 Å². The van der Waals surface area contributed by atoms with Crippen molar-refractivity contribution in [2.24, 2.45) is 5.73 Å². The Morgan fingerprint density at radius 2 is 1.41 bits per heavy atom. The van der Waals surface area contributed by atoms with Crippen molar-refractivity contribution in [3.63, 3.8) is 0 Å². The highest BCUT2D eigenvalue weighted by Crippen LogP contribution is 2.13. The number of nitrogens with zero attached hydrogens (tertiary/aromatic N) is 1. The molecule has 0 aliphatic rings. The predicted octanol–water partition coefficient (Wildman–Crippen LogP) is 1.06. The highest BCUT2D eigenvalue weighted by molar-refractivity contribution is 5.81. The van der Waals surface area contributed by atoms with Gasteiger partial charge in [0.05, 0.1) is 12.6 Å². The molecule has 0 saturated carbocycles. The van der Waals surface area contributed by atoms with Crippen LogP contribution in [0.2, 0.25) is 0 Å². The second kappa shape index (κ2) is 15.4. The van der Waals surface area contributed by atoms with Crippen molar-refractivity contribution in [3.05, 3.63) is 0 Å². The smallest absolute Gasteiger partial charge is 0.475 e. The number of alkyl halides is 6. The summed E-state index contributed by atoms with van der Waals surface area (Å²) in [7, 11) is 4.05. The highest BCUT2D eigenvalue weighted by Gasteiger charge is 2.38. The first-order valence-electron chi connectivity index (χ1n) is 7.68. The van der Waals surface area contributed by atoms with Crippen LogP contribution >= 0.6 is 0 Å². The summed E-state index contributed by atoms with van der Waals surface area (Å²) in [5.74, 6) is -3.33. The Morgan fingerprint density at radius 3 is 1.69 bits per heavy atom. The van der Waals surface area contributed by atoms with E-state index in [1.54, 1.807) is 0 Å². The van der Waals surface area contributed by atoms with Gasteiger partial charge in [0.1, 0.15) is 0 Å². The van der Waals surface area contributed by atoms with Crippen molar-refractivity contribution in [2.45, 2.75) is 37.7 Å². The number of hydrogen-bond donors (Lipinski definition) is 4. The summed E-state index contributed by atoms with van der Waals surface area (Å²) in [6.45, 7) is 1.28. The zero-order valence-corrected chi connectivity index (χ0v) is 15.6. The number of carboxylic acids is 2. The standard InChI is InChI=1S/C11H21N3O.2C2HF3O2/c1-4-8-13-11(15)10(12)7-5-6-9-14(2)3;2*3-2(4,5)1(6)7/h1,10H,5-9,12H2,2-3H3,(H,13,15);2*(H,6,7)/t10-;;/m0../s1. The monoisotopic (exact) mass is 439 g/mol. The SMILES string of the molecule is C#CCNC(=O)[C@@H](N)CCCCN(C)C.O=C(O)C(F)(F)F.O=C(O)C(F)(F)F. The summed E-state index contributed by atoms with van der Waals surface area (Å²) >= 11 is 0. The van der Waals surface area contributed by atoms with Crippen LogP contribution in [-0.4, -0.2) is 78.5 Å². The fourth-order valence-electron chi connectivity index (χ4n) is 1.19.